The van der Waals surface area contributed by atoms with Crippen molar-refractivity contribution in [2.24, 2.45) is 11.3 Å². The molecular weight excluding hydrogens is 412 g/mol. The molecule has 0 saturated heterocycles. The number of nitrogens with zero attached hydrogens (tertiary/aromatic N) is 1. The van der Waals surface area contributed by atoms with E-state index >= 15 is 0 Å². The Kier molecular flexibility index (Phi) is 7.83. The highest BCUT2D eigenvalue weighted by molar-refractivity contribution is 5.90. The van der Waals surface area contributed by atoms with Crippen LogP contribution in [0.1, 0.15) is 73.5 Å². The smallest absolute Gasteiger partial charge is 0.337 e. The van der Waals surface area contributed by atoms with Gasteiger partial charge in [-0.1, -0.05) is 39.0 Å². The number of aryl methyl sites for hydroxylation is 2. The summed E-state index contributed by atoms with van der Waals surface area (Å²) in [5, 5.41) is 3.13. The molecule has 0 atom stereocenters. The predicted octanol–water partition coefficient (Wildman–Crippen LogP) is 6.73. The first-order chi connectivity index (χ1) is 15.6. The average Bonchev–Trinajstić information content (AvgIpc) is 2.76. The van der Waals surface area contributed by atoms with Gasteiger partial charge in [-0.05, 0) is 91.8 Å². The van der Waals surface area contributed by atoms with Crippen molar-refractivity contribution < 1.29 is 14.3 Å². The van der Waals surface area contributed by atoms with E-state index in [9.17, 15) is 9.59 Å². The van der Waals surface area contributed by atoms with Crippen molar-refractivity contribution in [1.29, 1.82) is 0 Å². The third kappa shape index (κ3) is 6.59. The van der Waals surface area contributed by atoms with Crippen LogP contribution in [0.5, 0.6) is 0 Å². The maximum atomic E-state index is 13.5. The number of hydrogen-bond acceptors (Lipinski definition) is 3. The summed E-state index contributed by atoms with van der Waals surface area (Å²) in [5.41, 5.74) is 4.88. The molecule has 1 N–H and O–H groups in total. The third-order valence-electron chi connectivity index (χ3n) is 6.82. The summed E-state index contributed by atoms with van der Waals surface area (Å²) in [6, 6.07) is 13.6. The number of hydrogen-bond donors (Lipinski definition) is 1. The van der Waals surface area contributed by atoms with Crippen LogP contribution < -0.4 is 5.32 Å². The van der Waals surface area contributed by atoms with E-state index in [0.29, 0.717) is 23.4 Å². The Morgan fingerprint density at radius 3 is 2.06 bits per heavy atom. The molecule has 0 heterocycles. The molecule has 2 amide bonds. The van der Waals surface area contributed by atoms with Gasteiger partial charge in [0.1, 0.15) is 0 Å². The first kappa shape index (κ1) is 24.8. The van der Waals surface area contributed by atoms with Crippen LogP contribution in [-0.4, -0.2) is 30.1 Å². The van der Waals surface area contributed by atoms with E-state index in [1.165, 1.54) is 7.11 Å². The highest BCUT2D eigenvalue weighted by atomic mass is 16.5. The molecule has 33 heavy (non-hydrogen) atoms. The quantitative estimate of drug-likeness (QED) is 0.514. The van der Waals surface area contributed by atoms with Gasteiger partial charge in [-0.15, -0.1) is 0 Å². The Bertz CT molecular complexity index is 947. The second-order valence-corrected chi connectivity index (χ2v) is 10.5. The summed E-state index contributed by atoms with van der Waals surface area (Å²) < 4.78 is 4.80. The van der Waals surface area contributed by atoms with E-state index in [0.717, 1.165) is 48.1 Å². The summed E-state index contributed by atoms with van der Waals surface area (Å²) in [6.45, 7) is 11.5. The van der Waals surface area contributed by atoms with E-state index in [4.69, 9.17) is 4.74 Å². The maximum Gasteiger partial charge on any atom is 0.337 e. The Labute approximate surface area is 198 Å². The van der Waals surface area contributed by atoms with Crippen molar-refractivity contribution in [3.8, 4) is 0 Å². The van der Waals surface area contributed by atoms with Crippen molar-refractivity contribution in [1.82, 2.24) is 4.90 Å². The lowest BCUT2D eigenvalue weighted by Crippen LogP contribution is -2.45. The van der Waals surface area contributed by atoms with Gasteiger partial charge in [-0.2, -0.15) is 0 Å². The molecule has 0 radical (unpaired) electrons. The summed E-state index contributed by atoms with van der Waals surface area (Å²) in [6.07, 6.45) is 4.26. The van der Waals surface area contributed by atoms with E-state index in [1.54, 1.807) is 12.1 Å². The average molecular weight is 451 g/mol. The Hall–Kier alpha value is -2.82. The summed E-state index contributed by atoms with van der Waals surface area (Å²) in [5.74, 6) is 0.323. The van der Waals surface area contributed by atoms with Crippen LogP contribution in [0.15, 0.2) is 42.5 Å². The number of carbonyl (C=O) groups excluding carboxylic acids is 2. The van der Waals surface area contributed by atoms with E-state index in [2.05, 4.69) is 32.2 Å². The summed E-state index contributed by atoms with van der Waals surface area (Å²) in [4.78, 5) is 27.2. The molecule has 1 saturated carbocycles. The normalized spacial score (nSPS) is 18.5. The molecule has 3 rings (SSSR count). The number of amides is 2. The van der Waals surface area contributed by atoms with Gasteiger partial charge in [0.25, 0.3) is 0 Å². The van der Waals surface area contributed by atoms with Crippen molar-refractivity contribution in [2.45, 2.75) is 72.9 Å². The molecule has 5 nitrogen and oxygen atoms in total. The Morgan fingerprint density at radius 2 is 1.55 bits per heavy atom. The monoisotopic (exact) mass is 450 g/mol. The molecule has 2 aromatic carbocycles. The van der Waals surface area contributed by atoms with Gasteiger partial charge < -0.3 is 15.0 Å². The van der Waals surface area contributed by atoms with E-state index in [-0.39, 0.29) is 18.0 Å². The van der Waals surface area contributed by atoms with Gasteiger partial charge in [0.2, 0.25) is 0 Å². The number of esters is 1. The lowest BCUT2D eigenvalue weighted by Gasteiger charge is -2.41. The van der Waals surface area contributed by atoms with Crippen LogP contribution in [-0.2, 0) is 11.3 Å². The van der Waals surface area contributed by atoms with Crippen LogP contribution in [0, 0.1) is 25.2 Å². The number of methoxy groups -OCH3 is 1. The fourth-order valence-corrected chi connectivity index (χ4v) is 4.92. The highest BCUT2D eigenvalue weighted by Gasteiger charge is 2.33. The second-order valence-electron chi connectivity index (χ2n) is 10.5. The first-order valence-electron chi connectivity index (χ1n) is 11.9. The molecule has 0 spiro atoms. The zero-order valence-corrected chi connectivity index (χ0v) is 20.9. The molecule has 1 fully saturated rings. The minimum atomic E-state index is -0.355. The molecule has 0 bridgehead atoms. The number of carbonyl (C=O) groups is 2. The maximum absolute atomic E-state index is 13.5. The molecule has 0 unspecified atom stereocenters. The molecule has 0 aromatic heterocycles. The van der Waals surface area contributed by atoms with E-state index < -0.39 is 0 Å². The van der Waals surface area contributed by atoms with Crippen molar-refractivity contribution >= 4 is 17.7 Å². The van der Waals surface area contributed by atoms with Crippen molar-refractivity contribution in [2.75, 3.05) is 12.4 Å². The molecule has 1 aliphatic rings. The van der Waals surface area contributed by atoms with Gasteiger partial charge in [0.05, 0.1) is 12.7 Å². The van der Waals surface area contributed by atoms with Gasteiger partial charge >= 0.3 is 12.0 Å². The zero-order valence-electron chi connectivity index (χ0n) is 20.9. The fourth-order valence-electron chi connectivity index (χ4n) is 4.92. The largest absolute Gasteiger partial charge is 0.465 e. The number of rotatable bonds is 5. The second kappa shape index (κ2) is 10.4. The first-order valence-corrected chi connectivity index (χ1v) is 11.9. The van der Waals surface area contributed by atoms with Gasteiger partial charge in [0.15, 0.2) is 0 Å². The van der Waals surface area contributed by atoms with Crippen LogP contribution in [0.4, 0.5) is 10.5 Å². The van der Waals surface area contributed by atoms with Crippen molar-refractivity contribution in [3.63, 3.8) is 0 Å². The van der Waals surface area contributed by atoms with Crippen LogP contribution in [0.25, 0.3) is 0 Å². The number of urea groups is 1. The fraction of sp³-hybridized carbons (Fsp3) is 0.500. The summed E-state index contributed by atoms with van der Waals surface area (Å²) >= 11 is 0. The van der Waals surface area contributed by atoms with Gasteiger partial charge in [0, 0.05) is 18.3 Å². The lowest BCUT2D eigenvalue weighted by atomic mass is 9.71. The Balaban J connectivity index is 1.79. The minimum Gasteiger partial charge on any atom is -0.465 e. The molecule has 1 aliphatic carbocycles. The third-order valence-corrected chi connectivity index (χ3v) is 6.82. The van der Waals surface area contributed by atoms with Crippen LogP contribution in [0.2, 0.25) is 0 Å². The Morgan fingerprint density at radius 1 is 0.970 bits per heavy atom. The SMILES string of the molecule is COC(=O)c1ccc(CN(C(=O)Nc2cc(C)cc(C)c2)C2CCC(C(C)(C)C)CC2)cc1. The van der Waals surface area contributed by atoms with Crippen molar-refractivity contribution in [3.05, 3.63) is 64.7 Å². The molecule has 5 heteroatoms. The topological polar surface area (TPSA) is 58.6 Å². The summed E-state index contributed by atoms with van der Waals surface area (Å²) in [7, 11) is 1.38. The van der Waals surface area contributed by atoms with Gasteiger partial charge in [-0.25, -0.2) is 9.59 Å². The van der Waals surface area contributed by atoms with Gasteiger partial charge in [-0.3, -0.25) is 0 Å². The lowest BCUT2D eigenvalue weighted by molar-refractivity contribution is 0.0600. The van der Waals surface area contributed by atoms with E-state index in [1.807, 2.05) is 43.0 Å². The molecule has 0 aliphatic heterocycles. The highest BCUT2D eigenvalue weighted by Crippen LogP contribution is 2.39. The number of benzene rings is 2. The number of nitrogens with one attached hydrogen (secondary N) is 1. The van der Waals surface area contributed by atoms with Crippen LogP contribution >= 0.6 is 0 Å². The molecule has 178 valence electrons. The number of anilines is 1. The predicted molar refractivity (Wildman–Crippen MR) is 133 cm³/mol. The minimum absolute atomic E-state index is 0.0729. The standard InChI is InChI=1S/C28H38N2O3/c1-19-15-20(2)17-24(16-19)29-27(32)30(25-13-11-23(12-14-25)28(3,4)5)18-21-7-9-22(10-8-21)26(31)33-6/h7-10,15-17,23,25H,11-14,18H2,1-6H3,(H,29,32). The molecule has 2 aromatic rings. The molecular formula is C28H38N2O3. The number of ether oxygens (including phenoxy) is 1. The zero-order chi connectivity index (χ0) is 24.2. The van der Waals surface area contributed by atoms with Crippen LogP contribution in [0.3, 0.4) is 0 Å².